The van der Waals surface area contributed by atoms with Crippen molar-refractivity contribution in [1.29, 1.82) is 0 Å². The van der Waals surface area contributed by atoms with Crippen LogP contribution in [0.3, 0.4) is 0 Å². The molecule has 0 bridgehead atoms. The van der Waals surface area contributed by atoms with Crippen LogP contribution in [0.4, 0.5) is 4.39 Å². The van der Waals surface area contributed by atoms with Crippen molar-refractivity contribution in [2.75, 3.05) is 32.7 Å². The summed E-state index contributed by atoms with van der Waals surface area (Å²) in [6.07, 6.45) is 2.99. The summed E-state index contributed by atoms with van der Waals surface area (Å²) >= 11 is 0. The fraction of sp³-hybridized carbons (Fsp3) is 0.348. The molecule has 3 aromatic rings. The van der Waals surface area contributed by atoms with Crippen molar-refractivity contribution in [3.8, 4) is 0 Å². The molecule has 0 spiro atoms. The van der Waals surface area contributed by atoms with Crippen molar-refractivity contribution < 1.29 is 9.18 Å². The van der Waals surface area contributed by atoms with E-state index >= 15 is 0 Å². The van der Waals surface area contributed by atoms with E-state index in [1.54, 1.807) is 0 Å². The predicted octanol–water partition coefficient (Wildman–Crippen LogP) is 2.84. The molecular weight excluding hydrogens is 381 g/mol. The molecule has 6 nitrogen and oxygen atoms in total. The molecule has 30 heavy (non-hydrogen) atoms. The van der Waals surface area contributed by atoms with Crippen LogP contribution in [-0.4, -0.2) is 58.4 Å². The highest BCUT2D eigenvalue weighted by molar-refractivity contribution is 6.04. The summed E-state index contributed by atoms with van der Waals surface area (Å²) in [5.41, 5.74) is 3.24. The molecular formula is C23H26FN5O. The highest BCUT2D eigenvalue weighted by Crippen LogP contribution is 2.18. The Morgan fingerprint density at radius 2 is 1.73 bits per heavy atom. The summed E-state index contributed by atoms with van der Waals surface area (Å²) < 4.78 is 13.9. The summed E-state index contributed by atoms with van der Waals surface area (Å²) in [6, 6.07) is 10.6. The van der Waals surface area contributed by atoms with E-state index in [0.717, 1.165) is 44.8 Å². The second-order valence-electron chi connectivity index (χ2n) is 7.54. The number of hydrogen-bond acceptors (Lipinski definition) is 5. The van der Waals surface area contributed by atoms with E-state index < -0.39 is 5.82 Å². The topological polar surface area (TPSA) is 61.4 Å². The largest absolute Gasteiger partial charge is 0.348 e. The highest BCUT2D eigenvalue weighted by Gasteiger charge is 2.18. The molecule has 1 amide bonds. The average molecular weight is 407 g/mol. The molecule has 1 saturated heterocycles. The summed E-state index contributed by atoms with van der Waals surface area (Å²) in [5, 5.41) is 2.93. The first kappa shape index (κ1) is 20.4. The Bertz CT molecular complexity index is 1030. The molecule has 156 valence electrons. The first-order valence-electron chi connectivity index (χ1n) is 10.3. The monoisotopic (exact) mass is 407 g/mol. The molecule has 0 unspecified atom stereocenters. The summed E-state index contributed by atoms with van der Waals surface area (Å²) in [5.74, 6) is -0.855. The number of amides is 1. The molecule has 1 fully saturated rings. The van der Waals surface area contributed by atoms with Gasteiger partial charge in [0.25, 0.3) is 5.91 Å². The van der Waals surface area contributed by atoms with Gasteiger partial charge in [-0.3, -0.25) is 19.7 Å². The number of nitrogens with zero attached hydrogens (tertiary/aromatic N) is 4. The minimum Gasteiger partial charge on any atom is -0.348 e. The Morgan fingerprint density at radius 1 is 1.03 bits per heavy atom. The van der Waals surface area contributed by atoms with Crippen molar-refractivity contribution in [3.05, 3.63) is 71.3 Å². The van der Waals surface area contributed by atoms with Crippen LogP contribution >= 0.6 is 0 Å². The van der Waals surface area contributed by atoms with E-state index in [0.29, 0.717) is 17.6 Å². The van der Waals surface area contributed by atoms with Crippen LogP contribution in [0.15, 0.2) is 48.8 Å². The third kappa shape index (κ3) is 4.63. The summed E-state index contributed by atoms with van der Waals surface area (Å²) in [4.78, 5) is 26.0. The minimum atomic E-state index is -0.500. The van der Waals surface area contributed by atoms with Gasteiger partial charge >= 0.3 is 0 Å². The zero-order chi connectivity index (χ0) is 20.9. The molecule has 4 rings (SSSR count). The number of benzene rings is 2. The standard InChI is InChI=1S/C23H26FN5O/c1-2-28-9-11-29(12-10-28)16-18-6-4-3-5-17(18)15-27-23(30)20-13-19(24)14-21-22(20)26-8-7-25-21/h3-8,13-14H,2,9-12,15-16H2,1H3,(H,27,30). The molecule has 0 radical (unpaired) electrons. The van der Waals surface area contributed by atoms with Gasteiger partial charge in [0.15, 0.2) is 0 Å². The molecule has 0 atom stereocenters. The van der Waals surface area contributed by atoms with Gasteiger partial charge in [0.1, 0.15) is 11.3 Å². The zero-order valence-corrected chi connectivity index (χ0v) is 17.1. The highest BCUT2D eigenvalue weighted by atomic mass is 19.1. The van der Waals surface area contributed by atoms with Gasteiger partial charge < -0.3 is 10.2 Å². The predicted molar refractivity (Wildman–Crippen MR) is 114 cm³/mol. The van der Waals surface area contributed by atoms with Crippen molar-refractivity contribution >= 4 is 16.9 Å². The lowest BCUT2D eigenvalue weighted by Crippen LogP contribution is -2.45. The minimum absolute atomic E-state index is 0.200. The number of carbonyl (C=O) groups excluding carboxylic acids is 1. The maximum absolute atomic E-state index is 13.9. The lowest BCUT2D eigenvalue weighted by atomic mass is 10.1. The lowest BCUT2D eigenvalue weighted by Gasteiger charge is -2.34. The molecule has 2 heterocycles. The van der Waals surface area contributed by atoms with E-state index in [9.17, 15) is 9.18 Å². The fourth-order valence-electron chi connectivity index (χ4n) is 3.87. The van der Waals surface area contributed by atoms with Crippen LogP contribution in [0.25, 0.3) is 11.0 Å². The average Bonchev–Trinajstić information content (AvgIpc) is 2.78. The van der Waals surface area contributed by atoms with Crippen LogP contribution in [0.2, 0.25) is 0 Å². The second-order valence-corrected chi connectivity index (χ2v) is 7.54. The number of rotatable bonds is 6. The Balaban J connectivity index is 1.45. The van der Waals surface area contributed by atoms with E-state index in [1.165, 1.54) is 30.1 Å². The van der Waals surface area contributed by atoms with E-state index in [-0.39, 0.29) is 11.5 Å². The van der Waals surface area contributed by atoms with Gasteiger partial charge in [-0.25, -0.2) is 4.39 Å². The number of carbonyl (C=O) groups is 1. The van der Waals surface area contributed by atoms with Gasteiger partial charge in [0.05, 0.1) is 11.1 Å². The molecule has 1 N–H and O–H groups in total. The van der Waals surface area contributed by atoms with Crippen LogP contribution in [0.5, 0.6) is 0 Å². The Kier molecular flexibility index (Phi) is 6.30. The fourth-order valence-corrected chi connectivity index (χ4v) is 3.87. The smallest absolute Gasteiger partial charge is 0.253 e. The SMILES string of the molecule is CCN1CCN(Cc2ccccc2CNC(=O)c2cc(F)cc3nccnc23)CC1. The third-order valence-electron chi connectivity index (χ3n) is 5.65. The summed E-state index contributed by atoms with van der Waals surface area (Å²) in [6.45, 7) is 8.79. The van der Waals surface area contributed by atoms with Crippen molar-refractivity contribution in [2.24, 2.45) is 0 Å². The van der Waals surface area contributed by atoms with Gasteiger partial charge in [-0.2, -0.15) is 0 Å². The number of nitrogens with one attached hydrogen (secondary N) is 1. The third-order valence-corrected chi connectivity index (χ3v) is 5.65. The summed E-state index contributed by atoms with van der Waals surface area (Å²) in [7, 11) is 0. The van der Waals surface area contributed by atoms with Crippen molar-refractivity contribution in [3.63, 3.8) is 0 Å². The van der Waals surface area contributed by atoms with E-state index in [1.807, 2.05) is 18.2 Å². The molecule has 2 aromatic carbocycles. The normalized spacial score (nSPS) is 15.4. The second kappa shape index (κ2) is 9.28. The maximum Gasteiger partial charge on any atom is 0.253 e. The van der Waals surface area contributed by atoms with E-state index in [2.05, 4.69) is 38.1 Å². The number of likely N-dealkylation sites (N-methyl/N-ethyl adjacent to an activating group) is 1. The molecule has 1 aromatic heterocycles. The number of piperazine rings is 1. The van der Waals surface area contributed by atoms with Crippen LogP contribution in [0.1, 0.15) is 28.4 Å². The molecule has 1 aliphatic rings. The Hall–Kier alpha value is -2.90. The number of halogens is 1. The number of hydrogen-bond donors (Lipinski definition) is 1. The van der Waals surface area contributed by atoms with Crippen molar-refractivity contribution in [2.45, 2.75) is 20.0 Å². The van der Waals surface area contributed by atoms with Gasteiger partial charge in [-0.05, 0) is 23.7 Å². The molecule has 0 saturated carbocycles. The quantitative estimate of drug-likeness (QED) is 0.681. The Labute approximate surface area is 175 Å². The van der Waals surface area contributed by atoms with Crippen LogP contribution < -0.4 is 5.32 Å². The van der Waals surface area contributed by atoms with Crippen LogP contribution in [0, 0.1) is 5.82 Å². The molecule has 0 aliphatic carbocycles. The first-order valence-corrected chi connectivity index (χ1v) is 10.3. The van der Waals surface area contributed by atoms with Gasteiger partial charge in [0, 0.05) is 57.7 Å². The Morgan fingerprint density at radius 3 is 2.50 bits per heavy atom. The maximum atomic E-state index is 13.9. The molecule has 1 aliphatic heterocycles. The first-order chi connectivity index (χ1) is 14.6. The van der Waals surface area contributed by atoms with Gasteiger partial charge in [-0.1, -0.05) is 31.2 Å². The number of fused-ring (bicyclic) bond motifs is 1. The molecule has 7 heteroatoms. The van der Waals surface area contributed by atoms with Gasteiger partial charge in [-0.15, -0.1) is 0 Å². The number of aromatic nitrogens is 2. The van der Waals surface area contributed by atoms with Crippen molar-refractivity contribution in [1.82, 2.24) is 25.1 Å². The lowest BCUT2D eigenvalue weighted by molar-refractivity contribution is 0.0951. The van der Waals surface area contributed by atoms with Gasteiger partial charge in [0.2, 0.25) is 0 Å². The zero-order valence-electron chi connectivity index (χ0n) is 17.1. The van der Waals surface area contributed by atoms with E-state index in [4.69, 9.17) is 0 Å². The van der Waals surface area contributed by atoms with Crippen LogP contribution in [-0.2, 0) is 13.1 Å².